The highest BCUT2D eigenvalue weighted by molar-refractivity contribution is 6.74. The van der Waals surface area contributed by atoms with Gasteiger partial charge in [-0.1, -0.05) is 20.8 Å². The Kier molecular flexibility index (Phi) is 3.94. The van der Waals surface area contributed by atoms with Gasteiger partial charge in [0.25, 0.3) is 0 Å². The summed E-state index contributed by atoms with van der Waals surface area (Å²) in [5, 5.41) is 0.280. The lowest BCUT2D eigenvalue weighted by atomic mass is 10.2. The molecule has 12 heavy (non-hydrogen) atoms. The molecule has 0 rings (SSSR count). The first-order valence-corrected chi connectivity index (χ1v) is 7.29. The van der Waals surface area contributed by atoms with Gasteiger partial charge in [0, 0.05) is 0 Å². The highest BCUT2D eigenvalue weighted by Crippen LogP contribution is 2.36. The minimum atomic E-state index is -1.57. The lowest BCUT2D eigenvalue weighted by Gasteiger charge is -2.36. The molecule has 2 nitrogen and oxygen atoms in total. The van der Waals surface area contributed by atoms with E-state index in [4.69, 9.17) is 10.2 Å². The summed E-state index contributed by atoms with van der Waals surface area (Å²) in [6.07, 6.45) is 0. The van der Waals surface area contributed by atoms with Crippen LogP contribution in [0.1, 0.15) is 27.7 Å². The van der Waals surface area contributed by atoms with Crippen LogP contribution in [0.15, 0.2) is 0 Å². The van der Waals surface area contributed by atoms with Crippen LogP contribution in [0.5, 0.6) is 0 Å². The van der Waals surface area contributed by atoms with Crippen molar-refractivity contribution < 1.29 is 4.43 Å². The second kappa shape index (κ2) is 3.90. The monoisotopic (exact) mass is 188 g/mol. The molecule has 1 radical (unpaired) electrons. The first-order chi connectivity index (χ1) is 5.17. The van der Waals surface area contributed by atoms with E-state index in [9.17, 15) is 0 Å². The largest absolute Gasteiger partial charge is 0.415 e. The Hall–Kier alpha value is 0.137. The molecule has 0 aromatic rings. The van der Waals surface area contributed by atoms with Crippen molar-refractivity contribution in [3.8, 4) is 0 Å². The van der Waals surface area contributed by atoms with E-state index in [0.29, 0.717) is 6.61 Å². The molecule has 0 atom stereocenters. The maximum absolute atomic E-state index is 5.83. The lowest BCUT2D eigenvalue weighted by molar-refractivity contribution is 0.299. The Bertz CT molecular complexity index is 138. The van der Waals surface area contributed by atoms with E-state index in [-0.39, 0.29) is 5.04 Å². The molecule has 0 fully saturated rings. The van der Waals surface area contributed by atoms with E-state index in [0.717, 1.165) is 6.04 Å². The van der Waals surface area contributed by atoms with Gasteiger partial charge in [-0.25, -0.2) is 0 Å². The van der Waals surface area contributed by atoms with Gasteiger partial charge < -0.3 is 10.2 Å². The van der Waals surface area contributed by atoms with E-state index < -0.39 is 8.32 Å². The van der Waals surface area contributed by atoms with Gasteiger partial charge >= 0.3 is 0 Å². The molecule has 73 valence electrons. The second-order valence-electron chi connectivity index (χ2n) is 4.90. The van der Waals surface area contributed by atoms with Crippen LogP contribution in [0, 0.1) is 6.04 Å². The van der Waals surface area contributed by atoms with Crippen molar-refractivity contribution in [2.45, 2.75) is 45.8 Å². The van der Waals surface area contributed by atoms with Gasteiger partial charge in [0.15, 0.2) is 8.32 Å². The molecule has 0 aromatic heterocycles. The summed E-state index contributed by atoms with van der Waals surface area (Å²) in [6, 6.07) is 0.861. The molecule has 0 saturated carbocycles. The fourth-order valence-electron chi connectivity index (χ4n) is 0.511. The zero-order valence-electron chi connectivity index (χ0n) is 9.19. The molecular formula is C9H22NOSi. The third kappa shape index (κ3) is 3.69. The Morgan fingerprint density at radius 3 is 2.00 bits per heavy atom. The van der Waals surface area contributed by atoms with Crippen molar-refractivity contribution >= 4 is 8.32 Å². The molecule has 0 unspecified atom stereocenters. The van der Waals surface area contributed by atoms with Gasteiger partial charge in [-0.05, 0) is 25.1 Å². The Morgan fingerprint density at radius 2 is 1.75 bits per heavy atom. The molecular weight excluding hydrogens is 166 g/mol. The van der Waals surface area contributed by atoms with Crippen LogP contribution in [0.25, 0.3) is 0 Å². The predicted octanol–water partition coefficient (Wildman–Crippen LogP) is 2.52. The van der Waals surface area contributed by atoms with Gasteiger partial charge in [-0.2, -0.15) is 0 Å². The quantitative estimate of drug-likeness (QED) is 0.691. The summed E-state index contributed by atoms with van der Waals surface area (Å²) in [5.41, 5.74) is 5.56. The standard InChI is InChI=1S/C9H22NOSi/c1-8(10)7-11-12(5,6)9(2,3)4/h7,10H2,1-6H3. The van der Waals surface area contributed by atoms with Crippen LogP contribution in [-0.2, 0) is 4.43 Å². The molecule has 3 heteroatoms. The minimum absolute atomic E-state index is 0.280. The van der Waals surface area contributed by atoms with Crippen molar-refractivity contribution in [2.75, 3.05) is 6.61 Å². The smallest absolute Gasteiger partial charge is 0.192 e. The minimum Gasteiger partial charge on any atom is -0.415 e. The molecule has 0 aliphatic heterocycles. The third-order valence-corrected chi connectivity index (χ3v) is 6.95. The van der Waals surface area contributed by atoms with Crippen molar-refractivity contribution in [1.29, 1.82) is 0 Å². The van der Waals surface area contributed by atoms with Crippen LogP contribution < -0.4 is 5.73 Å². The molecule has 0 spiro atoms. The van der Waals surface area contributed by atoms with Gasteiger partial charge in [-0.15, -0.1) is 0 Å². The molecule has 0 heterocycles. The first kappa shape index (κ1) is 12.1. The average molecular weight is 188 g/mol. The summed E-state index contributed by atoms with van der Waals surface area (Å²) in [5.74, 6) is 0. The highest BCUT2D eigenvalue weighted by atomic mass is 28.4. The fourth-order valence-corrected chi connectivity index (χ4v) is 1.53. The molecule has 0 aromatic carbocycles. The normalized spacial score (nSPS) is 14.0. The van der Waals surface area contributed by atoms with Gasteiger partial charge in [0.2, 0.25) is 0 Å². The van der Waals surface area contributed by atoms with Gasteiger partial charge in [-0.3, -0.25) is 0 Å². The molecule has 2 N–H and O–H groups in total. The van der Waals surface area contributed by atoms with Gasteiger partial charge in [0.1, 0.15) is 0 Å². The zero-order chi connectivity index (χ0) is 9.99. The van der Waals surface area contributed by atoms with Crippen LogP contribution in [0.4, 0.5) is 0 Å². The van der Waals surface area contributed by atoms with E-state index in [1.807, 2.05) is 6.92 Å². The first-order valence-electron chi connectivity index (χ1n) is 4.39. The van der Waals surface area contributed by atoms with E-state index >= 15 is 0 Å². The number of rotatable bonds is 3. The summed E-state index contributed by atoms with van der Waals surface area (Å²) in [7, 11) is -1.57. The molecule has 0 amide bonds. The summed E-state index contributed by atoms with van der Waals surface area (Å²) < 4.78 is 5.83. The number of hydrogen-bond acceptors (Lipinski definition) is 2. The lowest BCUT2D eigenvalue weighted by Crippen LogP contribution is -2.42. The summed E-state index contributed by atoms with van der Waals surface area (Å²) >= 11 is 0. The average Bonchev–Trinajstić information content (AvgIpc) is 1.81. The molecule has 0 bridgehead atoms. The third-order valence-electron chi connectivity index (χ3n) is 2.47. The van der Waals surface area contributed by atoms with Crippen LogP contribution in [0.2, 0.25) is 18.1 Å². The predicted molar refractivity (Wildman–Crippen MR) is 56.3 cm³/mol. The molecule has 0 aliphatic carbocycles. The van der Waals surface area contributed by atoms with E-state index in [1.54, 1.807) is 0 Å². The van der Waals surface area contributed by atoms with Crippen molar-refractivity contribution in [1.82, 2.24) is 0 Å². The topological polar surface area (TPSA) is 35.2 Å². The molecule has 0 aliphatic rings. The SMILES string of the molecule is C[C](N)CO[Si](C)(C)C(C)(C)C. The van der Waals surface area contributed by atoms with Crippen molar-refractivity contribution in [3.63, 3.8) is 0 Å². The number of nitrogens with two attached hydrogens (primary N) is 1. The van der Waals surface area contributed by atoms with Crippen molar-refractivity contribution in [2.24, 2.45) is 5.73 Å². The fraction of sp³-hybridized carbons (Fsp3) is 0.889. The van der Waals surface area contributed by atoms with Crippen LogP contribution >= 0.6 is 0 Å². The Morgan fingerprint density at radius 1 is 1.33 bits per heavy atom. The van der Waals surface area contributed by atoms with E-state index in [2.05, 4.69) is 33.9 Å². The summed E-state index contributed by atoms with van der Waals surface area (Å²) in [4.78, 5) is 0. The van der Waals surface area contributed by atoms with Gasteiger partial charge in [0.05, 0.1) is 12.6 Å². The Balaban J connectivity index is 4.05. The molecule has 0 saturated heterocycles. The van der Waals surface area contributed by atoms with Crippen LogP contribution in [0.3, 0.4) is 0 Å². The number of hydrogen-bond donors (Lipinski definition) is 1. The maximum atomic E-state index is 5.83. The summed E-state index contributed by atoms with van der Waals surface area (Å²) in [6.45, 7) is 13.6. The zero-order valence-corrected chi connectivity index (χ0v) is 10.2. The maximum Gasteiger partial charge on any atom is 0.192 e. The van der Waals surface area contributed by atoms with Crippen molar-refractivity contribution in [3.05, 3.63) is 6.04 Å². The van der Waals surface area contributed by atoms with Crippen LogP contribution in [-0.4, -0.2) is 14.9 Å². The Labute approximate surface area is 77.6 Å². The van der Waals surface area contributed by atoms with E-state index in [1.165, 1.54) is 0 Å². The second-order valence-corrected chi connectivity index (χ2v) is 9.70. The highest BCUT2D eigenvalue weighted by Gasteiger charge is 2.37.